The maximum Gasteiger partial charge on any atom is 0.0843 e. The standard InChI is InChI=1S/C11H13Br2NS/c1-3-5-9(14-6-4-2)10-7-8(12)11(13)15-10/h1,7,9,14H,4-6H2,2H3. The summed E-state index contributed by atoms with van der Waals surface area (Å²) in [6.07, 6.45) is 7.23. The Bertz CT molecular complexity index is 334. The smallest absolute Gasteiger partial charge is 0.0843 e. The van der Waals surface area contributed by atoms with Gasteiger partial charge in [-0.1, -0.05) is 6.92 Å². The highest BCUT2D eigenvalue weighted by Crippen LogP contribution is 2.36. The molecule has 0 spiro atoms. The maximum atomic E-state index is 5.37. The van der Waals surface area contributed by atoms with Crippen molar-refractivity contribution in [3.63, 3.8) is 0 Å². The Kier molecular flexibility index (Phi) is 5.91. The maximum absolute atomic E-state index is 5.37. The normalized spacial score (nSPS) is 12.4. The van der Waals surface area contributed by atoms with Crippen molar-refractivity contribution in [2.24, 2.45) is 0 Å². The van der Waals surface area contributed by atoms with Gasteiger partial charge in [0.05, 0.1) is 9.83 Å². The van der Waals surface area contributed by atoms with E-state index in [4.69, 9.17) is 6.42 Å². The van der Waals surface area contributed by atoms with Crippen LogP contribution in [0.2, 0.25) is 0 Å². The first-order valence-corrected chi connectivity index (χ1v) is 7.20. The zero-order chi connectivity index (χ0) is 11.3. The number of hydrogen-bond acceptors (Lipinski definition) is 2. The minimum absolute atomic E-state index is 0.280. The molecule has 0 fully saturated rings. The van der Waals surface area contributed by atoms with Crippen molar-refractivity contribution in [1.29, 1.82) is 0 Å². The third-order valence-electron chi connectivity index (χ3n) is 1.97. The van der Waals surface area contributed by atoms with Crippen LogP contribution < -0.4 is 5.32 Å². The van der Waals surface area contributed by atoms with Gasteiger partial charge in [-0.3, -0.25) is 0 Å². The summed E-state index contributed by atoms with van der Waals surface area (Å²) in [5.74, 6) is 2.72. The lowest BCUT2D eigenvalue weighted by Gasteiger charge is -2.13. The van der Waals surface area contributed by atoms with E-state index < -0.39 is 0 Å². The third-order valence-corrected chi connectivity index (χ3v) is 5.34. The predicted molar refractivity (Wildman–Crippen MR) is 74.2 cm³/mol. The van der Waals surface area contributed by atoms with Gasteiger partial charge >= 0.3 is 0 Å². The van der Waals surface area contributed by atoms with E-state index in [0.717, 1.165) is 27.6 Å². The van der Waals surface area contributed by atoms with Crippen LogP contribution in [0.1, 0.15) is 30.7 Å². The van der Waals surface area contributed by atoms with Gasteiger partial charge in [0.2, 0.25) is 0 Å². The minimum Gasteiger partial charge on any atom is -0.308 e. The number of thiophene rings is 1. The zero-order valence-electron chi connectivity index (χ0n) is 8.52. The Morgan fingerprint density at radius 3 is 2.80 bits per heavy atom. The van der Waals surface area contributed by atoms with E-state index in [-0.39, 0.29) is 6.04 Å². The molecule has 0 aliphatic carbocycles. The monoisotopic (exact) mass is 349 g/mol. The van der Waals surface area contributed by atoms with Gasteiger partial charge in [0.1, 0.15) is 0 Å². The van der Waals surface area contributed by atoms with Gasteiger partial charge in [-0.25, -0.2) is 0 Å². The second kappa shape index (κ2) is 6.70. The zero-order valence-corrected chi connectivity index (χ0v) is 12.5. The molecule has 82 valence electrons. The molecule has 1 heterocycles. The highest BCUT2D eigenvalue weighted by molar-refractivity contribution is 9.13. The quantitative estimate of drug-likeness (QED) is 0.779. The molecule has 0 aliphatic heterocycles. The molecule has 4 heteroatoms. The fourth-order valence-electron chi connectivity index (χ4n) is 1.24. The van der Waals surface area contributed by atoms with E-state index in [1.165, 1.54) is 4.88 Å². The van der Waals surface area contributed by atoms with Crippen LogP contribution in [0.3, 0.4) is 0 Å². The summed E-state index contributed by atoms with van der Waals surface area (Å²) in [5, 5.41) is 3.45. The lowest BCUT2D eigenvalue weighted by molar-refractivity contribution is 0.550. The van der Waals surface area contributed by atoms with Crippen LogP contribution in [-0.4, -0.2) is 6.54 Å². The van der Waals surface area contributed by atoms with E-state index in [1.807, 2.05) is 0 Å². The Hall–Kier alpha value is 0.180. The molecule has 0 aromatic carbocycles. The van der Waals surface area contributed by atoms with Crippen LogP contribution in [0.4, 0.5) is 0 Å². The first-order valence-electron chi connectivity index (χ1n) is 4.80. The number of halogens is 2. The molecule has 0 bridgehead atoms. The largest absolute Gasteiger partial charge is 0.308 e. The molecule has 15 heavy (non-hydrogen) atoms. The molecule has 1 N–H and O–H groups in total. The highest BCUT2D eigenvalue weighted by atomic mass is 79.9. The van der Waals surface area contributed by atoms with Gasteiger partial charge in [0.15, 0.2) is 0 Å². The molecule has 0 aliphatic rings. The second-order valence-corrected chi connectivity index (χ2v) is 6.44. The van der Waals surface area contributed by atoms with Crippen molar-refractivity contribution < 1.29 is 0 Å². The van der Waals surface area contributed by atoms with Crippen LogP contribution in [-0.2, 0) is 0 Å². The van der Waals surface area contributed by atoms with Gasteiger partial charge in [-0.05, 0) is 50.9 Å². The Labute approximate surface area is 112 Å². The first kappa shape index (κ1) is 13.2. The average Bonchev–Trinajstić information content (AvgIpc) is 2.54. The topological polar surface area (TPSA) is 12.0 Å². The van der Waals surface area contributed by atoms with E-state index in [9.17, 15) is 0 Å². The van der Waals surface area contributed by atoms with E-state index in [2.05, 4.69) is 56.1 Å². The molecule has 0 saturated heterocycles. The van der Waals surface area contributed by atoms with Crippen molar-refractivity contribution >= 4 is 43.2 Å². The Balaban J connectivity index is 2.75. The second-order valence-electron chi connectivity index (χ2n) is 3.19. The number of terminal acetylenes is 1. The van der Waals surface area contributed by atoms with Gasteiger partial charge in [-0.2, -0.15) is 0 Å². The summed E-state index contributed by atoms with van der Waals surface area (Å²) in [6.45, 7) is 3.15. The molecule has 0 amide bonds. The molecule has 1 rings (SSSR count). The molecule has 0 radical (unpaired) electrons. The summed E-state index contributed by atoms with van der Waals surface area (Å²) in [5.41, 5.74) is 0. The molecule has 0 saturated carbocycles. The SMILES string of the molecule is C#CCC(NCCC)c1cc(Br)c(Br)s1. The summed E-state index contributed by atoms with van der Waals surface area (Å²) in [4.78, 5) is 1.28. The number of hydrogen-bond donors (Lipinski definition) is 1. The fourth-order valence-corrected chi connectivity index (χ4v) is 3.41. The van der Waals surface area contributed by atoms with E-state index in [0.29, 0.717) is 0 Å². The molecule has 1 atom stereocenters. The molecule has 1 aromatic rings. The minimum atomic E-state index is 0.280. The summed E-state index contributed by atoms with van der Waals surface area (Å²) >= 11 is 8.71. The lowest BCUT2D eigenvalue weighted by Crippen LogP contribution is -2.20. The number of nitrogens with one attached hydrogen (secondary N) is 1. The van der Waals surface area contributed by atoms with Crippen molar-refractivity contribution in [3.8, 4) is 12.3 Å². The Morgan fingerprint density at radius 1 is 1.60 bits per heavy atom. The molecule has 1 aromatic heterocycles. The van der Waals surface area contributed by atoms with Crippen LogP contribution in [0.5, 0.6) is 0 Å². The number of rotatable bonds is 5. The summed E-state index contributed by atoms with van der Waals surface area (Å²) in [6, 6.07) is 2.40. The molecule has 1 unspecified atom stereocenters. The first-order chi connectivity index (χ1) is 7.19. The van der Waals surface area contributed by atoms with Crippen molar-refractivity contribution in [2.45, 2.75) is 25.8 Å². The van der Waals surface area contributed by atoms with Crippen LogP contribution in [0.25, 0.3) is 0 Å². The predicted octanol–water partition coefficient (Wildman–Crippen LogP) is 4.34. The van der Waals surface area contributed by atoms with Crippen molar-refractivity contribution in [2.75, 3.05) is 6.54 Å². The van der Waals surface area contributed by atoms with Crippen molar-refractivity contribution in [1.82, 2.24) is 5.32 Å². The highest BCUT2D eigenvalue weighted by Gasteiger charge is 2.13. The molecular formula is C11H13Br2NS. The lowest BCUT2D eigenvalue weighted by atomic mass is 10.2. The Morgan fingerprint density at radius 2 is 2.33 bits per heavy atom. The molecule has 1 nitrogen and oxygen atoms in total. The van der Waals surface area contributed by atoms with Crippen LogP contribution in [0.15, 0.2) is 14.3 Å². The average molecular weight is 351 g/mol. The van der Waals surface area contributed by atoms with Gasteiger partial charge in [0.25, 0.3) is 0 Å². The van der Waals surface area contributed by atoms with Crippen LogP contribution in [0, 0.1) is 12.3 Å². The fraction of sp³-hybridized carbons (Fsp3) is 0.455. The van der Waals surface area contributed by atoms with Crippen LogP contribution >= 0.6 is 43.2 Å². The summed E-state index contributed by atoms with van der Waals surface area (Å²) < 4.78 is 2.22. The molecular weight excluding hydrogens is 338 g/mol. The summed E-state index contributed by atoms with van der Waals surface area (Å²) in [7, 11) is 0. The third kappa shape index (κ3) is 3.92. The van der Waals surface area contributed by atoms with Gasteiger partial charge in [-0.15, -0.1) is 23.7 Å². The van der Waals surface area contributed by atoms with E-state index in [1.54, 1.807) is 11.3 Å². The van der Waals surface area contributed by atoms with Gasteiger partial charge < -0.3 is 5.32 Å². The van der Waals surface area contributed by atoms with Gasteiger partial charge in [0, 0.05) is 15.8 Å². The van der Waals surface area contributed by atoms with E-state index >= 15 is 0 Å². The van der Waals surface area contributed by atoms with Crippen molar-refractivity contribution in [3.05, 3.63) is 19.2 Å².